The number of hydrogen-bond donors (Lipinski definition) is 1. The van der Waals surface area contributed by atoms with E-state index in [0.29, 0.717) is 29.2 Å². The van der Waals surface area contributed by atoms with Gasteiger partial charge < -0.3 is 15.0 Å². The molecule has 0 radical (unpaired) electrons. The normalized spacial score (nSPS) is 12.7. The molecule has 0 saturated carbocycles. The average molecular weight is 621 g/mol. The molecule has 3 aromatic carbocycles. The first-order valence-corrected chi connectivity index (χ1v) is 15.5. The van der Waals surface area contributed by atoms with Crippen molar-refractivity contribution < 1.29 is 22.7 Å². The molecule has 8 nitrogen and oxygen atoms in total. The standard InChI is InChI=1S/C30H35Cl2N3O5S/c1-5-21(3)33-30(37)27(6-2)34(19-22-12-10-11-15-25(22)31)29(36)20-35(23-16-17-28(40-4)26(32)18-23)41(38,39)24-13-8-7-9-14-24/h7-18,21,27H,5-6,19-20H2,1-4H3,(H,33,37)/t21-,27+/m1/s1. The van der Waals surface area contributed by atoms with E-state index in [1.165, 1.54) is 42.3 Å². The molecule has 11 heteroatoms. The molecule has 0 aliphatic heterocycles. The van der Waals surface area contributed by atoms with Gasteiger partial charge in [0, 0.05) is 17.6 Å². The number of nitrogens with zero attached hydrogens (tertiary/aromatic N) is 2. The van der Waals surface area contributed by atoms with Crippen LogP contribution in [0.4, 0.5) is 5.69 Å². The van der Waals surface area contributed by atoms with Crippen LogP contribution in [0.5, 0.6) is 5.75 Å². The van der Waals surface area contributed by atoms with Crippen LogP contribution in [0.3, 0.4) is 0 Å². The maximum Gasteiger partial charge on any atom is 0.264 e. The second kappa shape index (κ2) is 14.6. The van der Waals surface area contributed by atoms with Crippen molar-refractivity contribution >= 4 is 50.7 Å². The van der Waals surface area contributed by atoms with Gasteiger partial charge >= 0.3 is 0 Å². The van der Waals surface area contributed by atoms with Crippen molar-refractivity contribution in [3.63, 3.8) is 0 Å². The van der Waals surface area contributed by atoms with Crippen LogP contribution in [0.1, 0.15) is 39.2 Å². The summed E-state index contributed by atoms with van der Waals surface area (Å²) in [5.74, 6) is -0.554. The third kappa shape index (κ3) is 7.93. The summed E-state index contributed by atoms with van der Waals surface area (Å²) in [5, 5.41) is 3.56. The lowest BCUT2D eigenvalue weighted by Crippen LogP contribution is -2.53. The van der Waals surface area contributed by atoms with Gasteiger partial charge in [0.2, 0.25) is 11.8 Å². The minimum absolute atomic E-state index is 0.000973. The molecule has 3 rings (SSSR count). The number of benzene rings is 3. The summed E-state index contributed by atoms with van der Waals surface area (Å²) in [5.41, 5.74) is 0.796. The Labute approximate surface area is 252 Å². The van der Waals surface area contributed by atoms with Crippen LogP contribution in [-0.4, -0.2) is 50.9 Å². The highest BCUT2D eigenvalue weighted by Gasteiger charge is 2.34. The number of amides is 2. The molecular formula is C30H35Cl2N3O5S. The second-order valence-corrected chi connectivity index (χ2v) is 12.2. The maximum atomic E-state index is 14.1. The van der Waals surface area contributed by atoms with Gasteiger partial charge in [-0.15, -0.1) is 0 Å². The van der Waals surface area contributed by atoms with Crippen molar-refractivity contribution in [3.05, 3.63) is 88.4 Å². The van der Waals surface area contributed by atoms with E-state index in [1.807, 2.05) is 13.8 Å². The Morgan fingerprint density at radius 3 is 2.17 bits per heavy atom. The number of methoxy groups -OCH3 is 1. The molecule has 2 atom stereocenters. The van der Waals surface area contributed by atoms with Crippen molar-refractivity contribution in [3.8, 4) is 5.75 Å². The van der Waals surface area contributed by atoms with Gasteiger partial charge in [0.05, 0.1) is 22.7 Å². The molecule has 3 aromatic rings. The summed E-state index contributed by atoms with van der Waals surface area (Å²) in [6.45, 7) is 5.05. The Bertz CT molecular complexity index is 1450. The topological polar surface area (TPSA) is 96.0 Å². The van der Waals surface area contributed by atoms with E-state index < -0.39 is 28.5 Å². The molecule has 41 heavy (non-hydrogen) atoms. The number of sulfonamides is 1. The average Bonchev–Trinajstić information content (AvgIpc) is 2.96. The Kier molecular flexibility index (Phi) is 11.5. The number of nitrogens with one attached hydrogen (secondary N) is 1. The smallest absolute Gasteiger partial charge is 0.264 e. The number of carbonyl (C=O) groups is 2. The van der Waals surface area contributed by atoms with Gasteiger partial charge in [-0.05, 0) is 61.7 Å². The van der Waals surface area contributed by atoms with Gasteiger partial charge in [0.1, 0.15) is 18.3 Å². The number of hydrogen-bond acceptors (Lipinski definition) is 5. The van der Waals surface area contributed by atoms with Crippen molar-refractivity contribution in [1.29, 1.82) is 0 Å². The molecule has 2 amide bonds. The van der Waals surface area contributed by atoms with Crippen molar-refractivity contribution in [1.82, 2.24) is 10.2 Å². The lowest BCUT2D eigenvalue weighted by atomic mass is 10.1. The number of anilines is 1. The number of halogens is 2. The second-order valence-electron chi connectivity index (χ2n) is 9.50. The van der Waals surface area contributed by atoms with Crippen LogP contribution in [0, 0.1) is 0 Å². The van der Waals surface area contributed by atoms with Gasteiger partial charge in [-0.25, -0.2) is 8.42 Å². The maximum absolute atomic E-state index is 14.1. The molecule has 0 heterocycles. The first kappa shape index (κ1) is 32.2. The van der Waals surface area contributed by atoms with Crippen LogP contribution in [0.2, 0.25) is 10.0 Å². The van der Waals surface area contributed by atoms with Crippen LogP contribution in [0.15, 0.2) is 77.7 Å². The molecule has 0 aliphatic rings. The summed E-state index contributed by atoms with van der Waals surface area (Å²) >= 11 is 12.8. The van der Waals surface area contributed by atoms with Crippen LogP contribution >= 0.6 is 23.2 Å². The minimum Gasteiger partial charge on any atom is -0.495 e. The van der Waals surface area contributed by atoms with Crippen LogP contribution < -0.4 is 14.4 Å². The fraction of sp³-hybridized carbons (Fsp3) is 0.333. The number of ether oxygens (including phenoxy) is 1. The van der Waals surface area contributed by atoms with Crippen molar-refractivity contribution in [2.75, 3.05) is 18.0 Å². The lowest BCUT2D eigenvalue weighted by molar-refractivity contribution is -0.140. The highest BCUT2D eigenvalue weighted by Crippen LogP contribution is 2.32. The van der Waals surface area contributed by atoms with Gasteiger partial charge in [-0.2, -0.15) is 0 Å². The first-order chi connectivity index (χ1) is 19.5. The Morgan fingerprint density at radius 1 is 0.927 bits per heavy atom. The molecule has 0 bridgehead atoms. The third-order valence-corrected chi connectivity index (χ3v) is 9.17. The Morgan fingerprint density at radius 2 is 1.59 bits per heavy atom. The van der Waals surface area contributed by atoms with Gasteiger partial charge in [0.15, 0.2) is 0 Å². The van der Waals surface area contributed by atoms with Gasteiger partial charge in [-0.1, -0.05) is 73.4 Å². The molecule has 0 fully saturated rings. The largest absolute Gasteiger partial charge is 0.495 e. The van der Waals surface area contributed by atoms with Crippen molar-refractivity contribution in [2.24, 2.45) is 0 Å². The minimum atomic E-state index is -4.22. The zero-order chi connectivity index (χ0) is 30.2. The molecule has 0 spiro atoms. The van der Waals surface area contributed by atoms with E-state index in [0.717, 1.165) is 4.31 Å². The first-order valence-electron chi connectivity index (χ1n) is 13.3. The highest BCUT2D eigenvalue weighted by molar-refractivity contribution is 7.92. The number of carbonyl (C=O) groups excluding carboxylic acids is 2. The predicted octanol–water partition coefficient (Wildman–Crippen LogP) is 5.92. The van der Waals surface area contributed by atoms with Crippen LogP contribution in [-0.2, 0) is 26.2 Å². The molecular weight excluding hydrogens is 585 g/mol. The van der Waals surface area contributed by atoms with E-state index in [2.05, 4.69) is 5.32 Å². The van der Waals surface area contributed by atoms with Crippen LogP contribution in [0.25, 0.3) is 0 Å². The lowest BCUT2D eigenvalue weighted by Gasteiger charge is -2.34. The SMILES string of the molecule is CC[C@@H](C)NC(=O)[C@H](CC)N(Cc1ccccc1Cl)C(=O)CN(c1ccc(OC)c(Cl)c1)S(=O)(=O)c1ccccc1. The molecule has 1 N–H and O–H groups in total. The zero-order valence-electron chi connectivity index (χ0n) is 23.5. The van der Waals surface area contributed by atoms with Gasteiger partial charge in [-0.3, -0.25) is 13.9 Å². The number of rotatable bonds is 13. The van der Waals surface area contributed by atoms with E-state index in [9.17, 15) is 18.0 Å². The van der Waals surface area contributed by atoms with Gasteiger partial charge in [0.25, 0.3) is 10.0 Å². The fourth-order valence-electron chi connectivity index (χ4n) is 4.23. The van der Waals surface area contributed by atoms with E-state index in [-0.39, 0.29) is 34.1 Å². The molecule has 0 saturated heterocycles. The van der Waals surface area contributed by atoms with E-state index >= 15 is 0 Å². The Hall–Kier alpha value is -3.27. The fourth-order valence-corrected chi connectivity index (χ4v) is 6.10. The molecule has 0 aromatic heterocycles. The van der Waals surface area contributed by atoms with E-state index in [4.69, 9.17) is 27.9 Å². The molecule has 220 valence electrons. The summed E-state index contributed by atoms with van der Waals surface area (Å²) in [6.07, 6.45) is 1.01. The Balaban J connectivity index is 2.09. The highest BCUT2D eigenvalue weighted by atomic mass is 35.5. The summed E-state index contributed by atoms with van der Waals surface area (Å²) < 4.78 is 34.0. The third-order valence-electron chi connectivity index (χ3n) is 6.72. The molecule has 0 aliphatic carbocycles. The summed E-state index contributed by atoms with van der Waals surface area (Å²) in [7, 11) is -2.77. The quantitative estimate of drug-likeness (QED) is 0.256. The summed E-state index contributed by atoms with van der Waals surface area (Å²) in [4.78, 5) is 28.9. The zero-order valence-corrected chi connectivity index (χ0v) is 25.8. The van der Waals surface area contributed by atoms with E-state index in [1.54, 1.807) is 49.4 Å². The van der Waals surface area contributed by atoms with Crippen molar-refractivity contribution in [2.45, 2.75) is 57.1 Å². The monoisotopic (exact) mass is 619 g/mol. The predicted molar refractivity (Wildman–Crippen MR) is 163 cm³/mol. The molecule has 0 unspecified atom stereocenters. The summed E-state index contributed by atoms with van der Waals surface area (Å²) in [6, 6.07) is 18.3.